The zero-order valence-corrected chi connectivity index (χ0v) is 14.5. The monoisotopic (exact) mass is 353 g/mol. The molecule has 2 aromatic carbocycles. The van der Waals surface area contributed by atoms with Crippen LogP contribution in [0.15, 0.2) is 54.7 Å². The van der Waals surface area contributed by atoms with E-state index in [1.807, 2.05) is 19.1 Å². The van der Waals surface area contributed by atoms with Crippen molar-refractivity contribution < 1.29 is 9.59 Å². The molecule has 1 heterocycles. The third-order valence-electron chi connectivity index (χ3n) is 3.86. The van der Waals surface area contributed by atoms with Crippen molar-refractivity contribution in [3.8, 4) is 5.69 Å². The van der Waals surface area contributed by atoms with E-state index in [4.69, 9.17) is 11.6 Å². The summed E-state index contributed by atoms with van der Waals surface area (Å²) in [6.45, 7) is 3.32. The quantitative estimate of drug-likeness (QED) is 0.711. The first-order valence-electron chi connectivity index (χ1n) is 7.68. The van der Waals surface area contributed by atoms with E-state index >= 15 is 0 Å². The van der Waals surface area contributed by atoms with E-state index in [0.717, 1.165) is 5.69 Å². The molecule has 0 atom stereocenters. The summed E-state index contributed by atoms with van der Waals surface area (Å²) in [6.07, 6.45) is 1.52. The molecule has 3 rings (SSSR count). The van der Waals surface area contributed by atoms with Gasteiger partial charge in [-0.05, 0) is 56.3 Å². The highest BCUT2D eigenvalue weighted by Crippen LogP contribution is 2.19. The fourth-order valence-corrected chi connectivity index (χ4v) is 2.67. The predicted molar refractivity (Wildman–Crippen MR) is 97.7 cm³/mol. The Hall–Kier alpha value is -2.92. The van der Waals surface area contributed by atoms with Gasteiger partial charge in [-0.25, -0.2) is 4.68 Å². The third kappa shape index (κ3) is 3.61. The molecule has 1 amide bonds. The van der Waals surface area contributed by atoms with Crippen LogP contribution in [-0.2, 0) is 0 Å². The number of Topliss-reactive ketones (excluding diaryl/α,β-unsaturated/α-hetero) is 1. The SMILES string of the molecule is CC(=O)c1ccc(NC(=O)c2cnn(-c3cccc(Cl)c3)c2C)cc1. The molecule has 0 saturated heterocycles. The van der Waals surface area contributed by atoms with E-state index in [9.17, 15) is 9.59 Å². The molecule has 0 aliphatic heterocycles. The van der Waals surface area contributed by atoms with Gasteiger partial charge in [0.05, 0.1) is 23.1 Å². The van der Waals surface area contributed by atoms with Gasteiger partial charge in [0.15, 0.2) is 5.78 Å². The molecule has 1 aromatic heterocycles. The zero-order valence-electron chi connectivity index (χ0n) is 13.8. The Morgan fingerprint density at radius 2 is 1.84 bits per heavy atom. The summed E-state index contributed by atoms with van der Waals surface area (Å²) >= 11 is 6.01. The number of amides is 1. The second kappa shape index (κ2) is 6.91. The highest BCUT2D eigenvalue weighted by molar-refractivity contribution is 6.30. The Labute approximate surface area is 150 Å². The van der Waals surface area contributed by atoms with Crippen molar-refractivity contribution in [2.24, 2.45) is 0 Å². The number of ketones is 1. The lowest BCUT2D eigenvalue weighted by Crippen LogP contribution is -2.13. The number of aromatic nitrogens is 2. The molecule has 0 aliphatic rings. The largest absolute Gasteiger partial charge is 0.322 e. The van der Waals surface area contributed by atoms with E-state index in [1.54, 1.807) is 41.1 Å². The van der Waals surface area contributed by atoms with Crippen molar-refractivity contribution in [3.63, 3.8) is 0 Å². The van der Waals surface area contributed by atoms with Gasteiger partial charge in [0.1, 0.15) is 0 Å². The summed E-state index contributed by atoms with van der Waals surface area (Å²) in [4.78, 5) is 23.8. The Kier molecular flexibility index (Phi) is 4.67. The molecule has 0 aliphatic carbocycles. The van der Waals surface area contributed by atoms with Gasteiger partial charge in [-0.3, -0.25) is 9.59 Å². The van der Waals surface area contributed by atoms with Crippen LogP contribution in [-0.4, -0.2) is 21.5 Å². The smallest absolute Gasteiger partial charge is 0.259 e. The van der Waals surface area contributed by atoms with Gasteiger partial charge in [-0.1, -0.05) is 17.7 Å². The van der Waals surface area contributed by atoms with Crippen molar-refractivity contribution in [1.82, 2.24) is 9.78 Å². The van der Waals surface area contributed by atoms with E-state index in [2.05, 4.69) is 10.4 Å². The minimum Gasteiger partial charge on any atom is -0.322 e. The van der Waals surface area contributed by atoms with Crippen LogP contribution in [0.5, 0.6) is 0 Å². The summed E-state index contributed by atoms with van der Waals surface area (Å²) in [5, 5.41) is 7.69. The standard InChI is InChI=1S/C19H16ClN3O2/c1-12-18(11-21-23(12)17-5-3-4-15(20)10-17)19(25)22-16-8-6-14(7-9-16)13(2)24/h3-11H,1-2H3,(H,22,25). The van der Waals surface area contributed by atoms with Crippen LogP contribution in [0.2, 0.25) is 5.02 Å². The van der Waals surface area contributed by atoms with Crippen LogP contribution in [0.4, 0.5) is 5.69 Å². The zero-order chi connectivity index (χ0) is 18.0. The number of benzene rings is 2. The van der Waals surface area contributed by atoms with Crippen molar-refractivity contribution in [1.29, 1.82) is 0 Å². The molecule has 0 bridgehead atoms. The Balaban J connectivity index is 1.82. The lowest BCUT2D eigenvalue weighted by Gasteiger charge is -2.07. The highest BCUT2D eigenvalue weighted by atomic mass is 35.5. The normalized spacial score (nSPS) is 10.5. The number of carbonyl (C=O) groups is 2. The fourth-order valence-electron chi connectivity index (χ4n) is 2.49. The minimum atomic E-state index is -0.263. The van der Waals surface area contributed by atoms with E-state index in [1.165, 1.54) is 13.1 Å². The highest BCUT2D eigenvalue weighted by Gasteiger charge is 2.15. The number of halogens is 1. The number of carbonyl (C=O) groups excluding carboxylic acids is 2. The number of hydrogen-bond donors (Lipinski definition) is 1. The maximum absolute atomic E-state index is 12.5. The topological polar surface area (TPSA) is 64.0 Å². The number of nitrogens with zero attached hydrogens (tertiary/aromatic N) is 2. The van der Waals surface area contributed by atoms with E-state index < -0.39 is 0 Å². The molecular weight excluding hydrogens is 338 g/mol. The number of anilines is 1. The maximum atomic E-state index is 12.5. The van der Waals surface area contributed by atoms with Crippen LogP contribution in [0.1, 0.15) is 33.3 Å². The summed E-state index contributed by atoms with van der Waals surface area (Å²) < 4.78 is 1.67. The Bertz CT molecular complexity index is 946. The van der Waals surface area contributed by atoms with Crippen molar-refractivity contribution in [2.45, 2.75) is 13.8 Å². The van der Waals surface area contributed by atoms with Gasteiger partial charge in [-0.2, -0.15) is 5.10 Å². The van der Waals surface area contributed by atoms with Crippen LogP contribution >= 0.6 is 11.6 Å². The van der Waals surface area contributed by atoms with Crippen molar-refractivity contribution in [3.05, 3.63) is 76.6 Å². The maximum Gasteiger partial charge on any atom is 0.259 e. The molecule has 0 unspecified atom stereocenters. The molecule has 0 saturated carbocycles. The predicted octanol–water partition coefficient (Wildman–Crippen LogP) is 4.29. The first kappa shape index (κ1) is 16.9. The number of rotatable bonds is 4. The number of nitrogens with one attached hydrogen (secondary N) is 1. The van der Waals surface area contributed by atoms with Gasteiger partial charge in [-0.15, -0.1) is 0 Å². The van der Waals surface area contributed by atoms with E-state index in [0.29, 0.717) is 27.5 Å². The molecule has 25 heavy (non-hydrogen) atoms. The van der Waals surface area contributed by atoms with Gasteiger partial charge >= 0.3 is 0 Å². The van der Waals surface area contributed by atoms with Gasteiger partial charge in [0.2, 0.25) is 0 Å². The summed E-state index contributed by atoms with van der Waals surface area (Å²) in [5.74, 6) is -0.280. The van der Waals surface area contributed by atoms with Crippen LogP contribution < -0.4 is 5.32 Å². The summed E-state index contributed by atoms with van der Waals surface area (Å²) in [5.41, 5.74) is 3.18. The average molecular weight is 354 g/mol. The molecule has 3 aromatic rings. The molecule has 0 radical (unpaired) electrons. The Morgan fingerprint density at radius 3 is 2.48 bits per heavy atom. The molecular formula is C19H16ClN3O2. The van der Waals surface area contributed by atoms with Gasteiger partial charge in [0.25, 0.3) is 5.91 Å². The lowest BCUT2D eigenvalue weighted by molar-refractivity contribution is 0.101. The van der Waals surface area contributed by atoms with Crippen LogP contribution in [0, 0.1) is 6.92 Å². The molecule has 0 spiro atoms. The third-order valence-corrected chi connectivity index (χ3v) is 4.09. The first-order valence-corrected chi connectivity index (χ1v) is 8.06. The summed E-state index contributed by atoms with van der Waals surface area (Å²) in [6, 6.07) is 14.0. The molecule has 6 heteroatoms. The second-order valence-corrected chi connectivity index (χ2v) is 6.06. The van der Waals surface area contributed by atoms with Gasteiger partial charge in [0, 0.05) is 16.3 Å². The number of hydrogen-bond acceptors (Lipinski definition) is 3. The second-order valence-electron chi connectivity index (χ2n) is 5.62. The first-order chi connectivity index (χ1) is 12.0. The molecule has 0 fully saturated rings. The Morgan fingerprint density at radius 1 is 1.12 bits per heavy atom. The fraction of sp³-hybridized carbons (Fsp3) is 0.105. The average Bonchev–Trinajstić information content (AvgIpc) is 2.97. The lowest BCUT2D eigenvalue weighted by atomic mass is 10.1. The van der Waals surface area contributed by atoms with Crippen molar-refractivity contribution >= 4 is 29.0 Å². The molecule has 1 N–H and O–H groups in total. The van der Waals surface area contributed by atoms with Crippen LogP contribution in [0.3, 0.4) is 0 Å². The minimum absolute atomic E-state index is 0.0171. The van der Waals surface area contributed by atoms with Crippen molar-refractivity contribution in [2.75, 3.05) is 5.32 Å². The van der Waals surface area contributed by atoms with Crippen LogP contribution in [0.25, 0.3) is 5.69 Å². The molecule has 126 valence electrons. The summed E-state index contributed by atoms with van der Waals surface area (Å²) in [7, 11) is 0. The van der Waals surface area contributed by atoms with E-state index in [-0.39, 0.29) is 11.7 Å². The molecule has 5 nitrogen and oxygen atoms in total. The van der Waals surface area contributed by atoms with Gasteiger partial charge < -0.3 is 5.32 Å².